The summed E-state index contributed by atoms with van der Waals surface area (Å²) in [6.07, 6.45) is 1.11. The van der Waals surface area contributed by atoms with Gasteiger partial charge < -0.3 is 5.32 Å². The van der Waals surface area contributed by atoms with Crippen molar-refractivity contribution in [3.63, 3.8) is 0 Å². The molecular formula is C18H18F3NOS. The van der Waals surface area contributed by atoms with E-state index in [0.29, 0.717) is 11.6 Å². The van der Waals surface area contributed by atoms with Crippen molar-refractivity contribution in [2.45, 2.75) is 44.2 Å². The average Bonchev–Trinajstić information content (AvgIpc) is 3.06. The molecule has 0 unspecified atom stereocenters. The highest BCUT2D eigenvalue weighted by atomic mass is 32.1. The number of thiophene rings is 1. The maximum absolute atomic E-state index is 13.0. The van der Waals surface area contributed by atoms with Crippen LogP contribution in [-0.2, 0) is 6.18 Å². The minimum absolute atomic E-state index is 0.291. The molecule has 0 bridgehead atoms. The molecule has 2 nitrogen and oxygen atoms in total. The van der Waals surface area contributed by atoms with E-state index in [4.69, 9.17) is 0 Å². The van der Waals surface area contributed by atoms with Crippen molar-refractivity contribution in [3.05, 3.63) is 51.7 Å². The molecule has 0 saturated heterocycles. The summed E-state index contributed by atoms with van der Waals surface area (Å²) >= 11 is 0.813. The number of nitrogens with one attached hydrogen (secondary N) is 1. The van der Waals surface area contributed by atoms with Crippen molar-refractivity contribution in [2.75, 3.05) is 5.32 Å². The second-order valence-corrected chi connectivity index (χ2v) is 6.95. The van der Waals surface area contributed by atoms with Gasteiger partial charge in [-0.05, 0) is 41.8 Å². The van der Waals surface area contributed by atoms with E-state index in [1.54, 1.807) is 12.1 Å². The molecule has 24 heavy (non-hydrogen) atoms. The number of rotatable bonds is 3. The summed E-state index contributed by atoms with van der Waals surface area (Å²) in [5.74, 6) is -0.332. The van der Waals surface area contributed by atoms with Gasteiger partial charge in [-0.2, -0.15) is 13.2 Å². The molecule has 0 aliphatic heterocycles. The van der Waals surface area contributed by atoms with Gasteiger partial charge in [-0.15, -0.1) is 11.3 Å². The van der Waals surface area contributed by atoms with E-state index in [9.17, 15) is 18.0 Å². The Hall–Kier alpha value is -1.82. The lowest BCUT2D eigenvalue weighted by Gasteiger charge is -2.24. The van der Waals surface area contributed by atoms with Gasteiger partial charge in [0.2, 0.25) is 0 Å². The molecule has 1 amide bonds. The zero-order valence-electron chi connectivity index (χ0n) is 13.0. The summed E-state index contributed by atoms with van der Waals surface area (Å²) in [6.45, 7) is 0. The number of benzene rings is 1. The zero-order valence-corrected chi connectivity index (χ0v) is 13.8. The third-order valence-electron chi connectivity index (χ3n) is 4.43. The van der Waals surface area contributed by atoms with Crippen LogP contribution in [0, 0.1) is 0 Å². The molecule has 128 valence electrons. The summed E-state index contributed by atoms with van der Waals surface area (Å²) in [4.78, 5) is 12.1. The number of amides is 1. The van der Waals surface area contributed by atoms with Crippen LogP contribution in [0.4, 0.5) is 18.9 Å². The molecule has 3 rings (SSSR count). The lowest BCUT2D eigenvalue weighted by atomic mass is 9.83. The Kier molecular flexibility index (Phi) is 4.94. The fraction of sp³-hybridized carbons (Fsp3) is 0.389. The summed E-state index contributed by atoms with van der Waals surface area (Å²) in [5, 5.41) is 3.99. The van der Waals surface area contributed by atoms with E-state index in [-0.39, 0.29) is 4.88 Å². The molecule has 2 aromatic rings. The Morgan fingerprint density at radius 2 is 1.79 bits per heavy atom. The van der Waals surface area contributed by atoms with Crippen molar-refractivity contribution < 1.29 is 18.0 Å². The quantitative estimate of drug-likeness (QED) is 0.713. The van der Waals surface area contributed by atoms with Crippen molar-refractivity contribution >= 4 is 22.9 Å². The Balaban J connectivity index is 1.84. The highest BCUT2D eigenvalue weighted by Crippen LogP contribution is 2.38. The second kappa shape index (κ2) is 6.97. The first-order valence-electron chi connectivity index (χ1n) is 8.02. The highest BCUT2D eigenvalue weighted by Gasteiger charge is 2.36. The molecule has 1 aromatic heterocycles. The van der Waals surface area contributed by atoms with Gasteiger partial charge in [-0.1, -0.05) is 37.5 Å². The third kappa shape index (κ3) is 3.64. The predicted molar refractivity (Wildman–Crippen MR) is 89.5 cm³/mol. The van der Waals surface area contributed by atoms with Crippen LogP contribution >= 0.6 is 11.3 Å². The number of hydrogen-bond donors (Lipinski definition) is 1. The minimum Gasteiger partial charge on any atom is -0.321 e. The fourth-order valence-corrected chi connectivity index (χ4v) is 4.08. The Labute approximate surface area is 142 Å². The van der Waals surface area contributed by atoms with Crippen LogP contribution < -0.4 is 5.32 Å². The van der Waals surface area contributed by atoms with Crippen molar-refractivity contribution in [1.29, 1.82) is 0 Å². The second-order valence-electron chi connectivity index (χ2n) is 6.04. The molecule has 0 spiro atoms. The minimum atomic E-state index is -4.52. The van der Waals surface area contributed by atoms with Crippen LogP contribution in [0.5, 0.6) is 0 Å². The predicted octanol–water partition coefficient (Wildman–Crippen LogP) is 6.07. The number of hydrogen-bond acceptors (Lipinski definition) is 2. The van der Waals surface area contributed by atoms with Crippen LogP contribution in [0.3, 0.4) is 0 Å². The summed E-state index contributed by atoms with van der Waals surface area (Å²) < 4.78 is 38.9. The summed E-state index contributed by atoms with van der Waals surface area (Å²) in [5.41, 5.74) is 0.770. The number of alkyl halides is 3. The van der Waals surface area contributed by atoms with Crippen LogP contribution in [0.1, 0.15) is 58.8 Å². The van der Waals surface area contributed by atoms with E-state index < -0.39 is 17.6 Å². The normalized spacial score (nSPS) is 16.1. The maximum atomic E-state index is 13.0. The van der Waals surface area contributed by atoms with E-state index in [2.05, 4.69) is 5.32 Å². The smallest absolute Gasteiger partial charge is 0.321 e. The molecule has 1 fully saturated rings. The van der Waals surface area contributed by atoms with Gasteiger partial charge in [0.05, 0.1) is 5.56 Å². The number of carbonyl (C=O) groups is 1. The molecule has 1 saturated carbocycles. The topological polar surface area (TPSA) is 29.1 Å². The first-order valence-corrected chi connectivity index (χ1v) is 8.90. The molecular weight excluding hydrogens is 335 g/mol. The molecule has 1 N–H and O–H groups in total. The van der Waals surface area contributed by atoms with Gasteiger partial charge in [0.25, 0.3) is 5.91 Å². The van der Waals surface area contributed by atoms with E-state index in [1.165, 1.54) is 11.8 Å². The molecule has 0 radical (unpaired) electrons. The fourth-order valence-electron chi connectivity index (χ4n) is 3.27. The molecule has 6 heteroatoms. The van der Waals surface area contributed by atoms with Crippen molar-refractivity contribution in [3.8, 4) is 0 Å². The van der Waals surface area contributed by atoms with Crippen LogP contribution in [0.2, 0.25) is 0 Å². The third-order valence-corrected chi connectivity index (χ3v) is 5.34. The molecule has 1 heterocycles. The van der Waals surface area contributed by atoms with Gasteiger partial charge in [0.15, 0.2) is 0 Å². The van der Waals surface area contributed by atoms with Gasteiger partial charge in [0, 0.05) is 5.69 Å². The van der Waals surface area contributed by atoms with E-state index in [1.807, 2.05) is 12.1 Å². The summed E-state index contributed by atoms with van der Waals surface area (Å²) in [6, 6.07) is 8.38. The lowest BCUT2D eigenvalue weighted by molar-refractivity contribution is -0.137. The van der Waals surface area contributed by atoms with Crippen LogP contribution in [0.25, 0.3) is 0 Å². The number of halogens is 3. The first kappa shape index (κ1) is 17.0. The number of carbonyl (C=O) groups excluding carboxylic acids is 1. The van der Waals surface area contributed by atoms with E-state index in [0.717, 1.165) is 48.6 Å². The molecule has 1 aromatic carbocycles. The monoisotopic (exact) mass is 353 g/mol. The number of para-hydroxylation sites is 1. The summed E-state index contributed by atoms with van der Waals surface area (Å²) in [7, 11) is 0. The molecule has 0 atom stereocenters. The standard InChI is InChI=1S/C18H18F3NOS/c19-18(20,21)14-10-11-24-16(14)17(23)22-15-9-5-4-8-13(15)12-6-2-1-3-7-12/h4-5,8-12H,1-3,6-7H2,(H,22,23). The van der Waals surface area contributed by atoms with Gasteiger partial charge >= 0.3 is 6.18 Å². The average molecular weight is 353 g/mol. The maximum Gasteiger partial charge on any atom is 0.417 e. The Bertz CT molecular complexity index is 717. The Morgan fingerprint density at radius 3 is 2.50 bits per heavy atom. The molecule has 1 aliphatic carbocycles. The SMILES string of the molecule is O=C(Nc1ccccc1C1CCCCC1)c1sccc1C(F)(F)F. The van der Waals surface area contributed by atoms with Gasteiger partial charge in [-0.25, -0.2) is 0 Å². The van der Waals surface area contributed by atoms with Crippen LogP contribution in [0.15, 0.2) is 35.7 Å². The van der Waals surface area contributed by atoms with Gasteiger partial charge in [0.1, 0.15) is 4.88 Å². The Morgan fingerprint density at radius 1 is 1.08 bits per heavy atom. The van der Waals surface area contributed by atoms with Crippen LogP contribution in [-0.4, -0.2) is 5.91 Å². The largest absolute Gasteiger partial charge is 0.417 e. The van der Waals surface area contributed by atoms with Crippen molar-refractivity contribution in [1.82, 2.24) is 0 Å². The first-order chi connectivity index (χ1) is 11.5. The number of anilines is 1. The highest BCUT2D eigenvalue weighted by molar-refractivity contribution is 7.12. The molecule has 1 aliphatic rings. The lowest BCUT2D eigenvalue weighted by Crippen LogP contribution is -2.18. The van der Waals surface area contributed by atoms with E-state index >= 15 is 0 Å². The van der Waals surface area contributed by atoms with Gasteiger partial charge in [-0.3, -0.25) is 4.79 Å². The van der Waals surface area contributed by atoms with Crippen molar-refractivity contribution in [2.24, 2.45) is 0 Å². The zero-order chi connectivity index (χ0) is 17.2.